The average molecular weight is 437 g/mol. The SMILES string of the molecule is O=C(O)c1ccc(N(Cc2cccnn2)c2ccc(OC(F)F)c(OC(F)F)c2)cc1. The minimum Gasteiger partial charge on any atom is -0.478 e. The van der Waals surface area contributed by atoms with Gasteiger partial charge in [0.15, 0.2) is 11.5 Å². The van der Waals surface area contributed by atoms with Crippen molar-refractivity contribution in [3.63, 3.8) is 0 Å². The summed E-state index contributed by atoms with van der Waals surface area (Å²) >= 11 is 0. The molecule has 1 aromatic heterocycles. The lowest BCUT2D eigenvalue weighted by atomic mass is 10.1. The van der Waals surface area contributed by atoms with Crippen LogP contribution < -0.4 is 14.4 Å². The predicted octanol–water partition coefficient (Wildman–Crippen LogP) is 4.72. The van der Waals surface area contributed by atoms with Gasteiger partial charge in [0.2, 0.25) is 0 Å². The molecule has 0 spiro atoms. The van der Waals surface area contributed by atoms with Gasteiger partial charge in [0, 0.05) is 23.6 Å². The largest absolute Gasteiger partial charge is 0.478 e. The van der Waals surface area contributed by atoms with E-state index in [1.165, 1.54) is 36.5 Å². The molecule has 0 fully saturated rings. The highest BCUT2D eigenvalue weighted by molar-refractivity contribution is 5.88. The van der Waals surface area contributed by atoms with Gasteiger partial charge in [-0.15, -0.1) is 0 Å². The number of aromatic carboxylic acids is 1. The van der Waals surface area contributed by atoms with Crippen LogP contribution in [0.3, 0.4) is 0 Å². The van der Waals surface area contributed by atoms with E-state index in [1.54, 1.807) is 17.0 Å². The highest BCUT2D eigenvalue weighted by Crippen LogP contribution is 2.37. The molecule has 0 aliphatic heterocycles. The second-order valence-electron chi connectivity index (χ2n) is 6.04. The first-order valence-corrected chi connectivity index (χ1v) is 8.74. The maximum Gasteiger partial charge on any atom is 0.387 e. The summed E-state index contributed by atoms with van der Waals surface area (Å²) in [5.41, 5.74) is 1.33. The second kappa shape index (κ2) is 9.74. The summed E-state index contributed by atoms with van der Waals surface area (Å²) in [6, 6.07) is 12.7. The summed E-state index contributed by atoms with van der Waals surface area (Å²) in [5, 5.41) is 16.9. The lowest BCUT2D eigenvalue weighted by Crippen LogP contribution is -2.18. The Labute approximate surface area is 173 Å². The van der Waals surface area contributed by atoms with Gasteiger partial charge in [0.25, 0.3) is 0 Å². The summed E-state index contributed by atoms with van der Waals surface area (Å²) in [6.45, 7) is -6.38. The Balaban J connectivity index is 2.04. The molecule has 31 heavy (non-hydrogen) atoms. The van der Waals surface area contributed by atoms with Crippen LogP contribution >= 0.6 is 0 Å². The van der Waals surface area contributed by atoms with Gasteiger partial charge in [0.1, 0.15) is 0 Å². The standard InChI is InChI=1S/C20H15F4N3O4/c21-19(22)30-16-8-7-15(10-17(16)31-20(23)24)27(11-13-2-1-9-25-26-13)14-5-3-12(4-6-14)18(28)29/h1-10,19-20H,11H2,(H,28,29). The van der Waals surface area contributed by atoms with Crippen molar-refractivity contribution >= 4 is 17.3 Å². The zero-order chi connectivity index (χ0) is 22.4. The predicted molar refractivity (Wildman–Crippen MR) is 101 cm³/mol. The number of benzene rings is 2. The Bertz CT molecular complexity index is 1020. The normalized spacial score (nSPS) is 10.9. The quantitative estimate of drug-likeness (QED) is 0.485. The van der Waals surface area contributed by atoms with E-state index in [2.05, 4.69) is 19.7 Å². The fourth-order valence-electron chi connectivity index (χ4n) is 2.74. The van der Waals surface area contributed by atoms with Gasteiger partial charge in [-0.2, -0.15) is 27.8 Å². The summed E-state index contributed by atoms with van der Waals surface area (Å²) in [7, 11) is 0. The van der Waals surface area contributed by atoms with E-state index in [0.29, 0.717) is 11.4 Å². The number of alkyl halides is 4. The average Bonchev–Trinajstić information content (AvgIpc) is 2.73. The van der Waals surface area contributed by atoms with E-state index in [1.807, 2.05) is 0 Å². The lowest BCUT2D eigenvalue weighted by Gasteiger charge is -2.26. The molecule has 2 aromatic carbocycles. The highest BCUT2D eigenvalue weighted by Gasteiger charge is 2.19. The van der Waals surface area contributed by atoms with E-state index in [0.717, 1.165) is 12.1 Å². The van der Waals surface area contributed by atoms with E-state index >= 15 is 0 Å². The molecular formula is C20H15F4N3O4. The van der Waals surface area contributed by atoms with Gasteiger partial charge >= 0.3 is 19.2 Å². The molecule has 0 aliphatic rings. The number of anilines is 2. The van der Waals surface area contributed by atoms with Crippen LogP contribution in [-0.2, 0) is 6.54 Å². The molecule has 3 rings (SSSR count). The fraction of sp³-hybridized carbons (Fsp3) is 0.150. The number of hydrogen-bond donors (Lipinski definition) is 1. The Morgan fingerprint density at radius 3 is 2.16 bits per heavy atom. The number of rotatable bonds is 9. The van der Waals surface area contributed by atoms with Crippen LogP contribution in [-0.4, -0.2) is 34.5 Å². The first-order chi connectivity index (χ1) is 14.8. The van der Waals surface area contributed by atoms with Crippen molar-refractivity contribution in [1.82, 2.24) is 10.2 Å². The van der Waals surface area contributed by atoms with Gasteiger partial charge in [-0.1, -0.05) is 0 Å². The third kappa shape index (κ3) is 5.81. The van der Waals surface area contributed by atoms with Gasteiger partial charge in [-0.3, -0.25) is 0 Å². The molecule has 7 nitrogen and oxygen atoms in total. The fourth-order valence-corrected chi connectivity index (χ4v) is 2.74. The van der Waals surface area contributed by atoms with Crippen molar-refractivity contribution in [3.8, 4) is 11.5 Å². The zero-order valence-electron chi connectivity index (χ0n) is 15.7. The molecule has 1 heterocycles. The van der Waals surface area contributed by atoms with E-state index < -0.39 is 30.7 Å². The molecule has 0 unspecified atom stereocenters. The van der Waals surface area contributed by atoms with Crippen LogP contribution in [0.5, 0.6) is 11.5 Å². The van der Waals surface area contributed by atoms with E-state index in [-0.39, 0.29) is 17.8 Å². The monoisotopic (exact) mass is 437 g/mol. The first-order valence-electron chi connectivity index (χ1n) is 8.74. The molecule has 0 atom stereocenters. The maximum atomic E-state index is 12.8. The Hall–Kier alpha value is -3.89. The van der Waals surface area contributed by atoms with Crippen molar-refractivity contribution in [3.05, 3.63) is 72.1 Å². The maximum absolute atomic E-state index is 12.8. The van der Waals surface area contributed by atoms with E-state index in [4.69, 9.17) is 5.11 Å². The Morgan fingerprint density at radius 2 is 1.58 bits per heavy atom. The first kappa shape index (κ1) is 21.8. The van der Waals surface area contributed by atoms with Crippen LogP contribution in [0.2, 0.25) is 0 Å². The minimum absolute atomic E-state index is 0.0469. The Morgan fingerprint density at radius 1 is 0.935 bits per heavy atom. The molecular weight excluding hydrogens is 422 g/mol. The summed E-state index contributed by atoms with van der Waals surface area (Å²) < 4.78 is 59.4. The third-order valence-corrected chi connectivity index (χ3v) is 4.04. The van der Waals surface area contributed by atoms with Crippen molar-refractivity contribution < 1.29 is 36.9 Å². The summed E-state index contributed by atoms with van der Waals surface area (Å²) in [6.07, 6.45) is 1.47. The van der Waals surface area contributed by atoms with Crippen LogP contribution in [0.4, 0.5) is 28.9 Å². The number of halogens is 4. The number of carboxylic acid groups (broad SMARTS) is 1. The zero-order valence-corrected chi connectivity index (χ0v) is 15.7. The van der Waals surface area contributed by atoms with Crippen LogP contribution in [0, 0.1) is 0 Å². The number of nitrogens with zero attached hydrogens (tertiary/aromatic N) is 3. The van der Waals surface area contributed by atoms with Crippen LogP contribution in [0.1, 0.15) is 16.1 Å². The van der Waals surface area contributed by atoms with E-state index in [9.17, 15) is 22.4 Å². The molecule has 1 N–H and O–H groups in total. The van der Waals surface area contributed by atoms with Crippen molar-refractivity contribution in [2.24, 2.45) is 0 Å². The minimum atomic E-state index is -3.27. The summed E-state index contributed by atoms with van der Waals surface area (Å²) in [4.78, 5) is 12.7. The topological polar surface area (TPSA) is 84.8 Å². The van der Waals surface area contributed by atoms with Crippen molar-refractivity contribution in [1.29, 1.82) is 0 Å². The number of hydrogen-bond acceptors (Lipinski definition) is 6. The Kier molecular flexibility index (Phi) is 6.85. The molecule has 3 aromatic rings. The number of carboxylic acids is 1. The van der Waals surface area contributed by atoms with Gasteiger partial charge in [0.05, 0.1) is 17.8 Å². The number of aromatic nitrogens is 2. The van der Waals surface area contributed by atoms with Gasteiger partial charge < -0.3 is 19.5 Å². The molecule has 0 aliphatic carbocycles. The van der Waals surface area contributed by atoms with Crippen LogP contribution in [0.25, 0.3) is 0 Å². The molecule has 0 radical (unpaired) electrons. The third-order valence-electron chi connectivity index (χ3n) is 4.04. The second-order valence-corrected chi connectivity index (χ2v) is 6.04. The molecule has 0 amide bonds. The van der Waals surface area contributed by atoms with Gasteiger partial charge in [-0.25, -0.2) is 4.79 Å². The highest BCUT2D eigenvalue weighted by atomic mass is 19.3. The molecule has 0 saturated heterocycles. The van der Waals surface area contributed by atoms with Crippen molar-refractivity contribution in [2.45, 2.75) is 19.8 Å². The molecule has 11 heteroatoms. The lowest BCUT2D eigenvalue weighted by molar-refractivity contribution is -0.0692. The van der Waals surface area contributed by atoms with Gasteiger partial charge in [-0.05, 0) is 48.5 Å². The summed E-state index contributed by atoms with van der Waals surface area (Å²) in [5.74, 6) is -2.26. The number of ether oxygens (including phenoxy) is 2. The molecule has 162 valence electrons. The van der Waals surface area contributed by atoms with Crippen LogP contribution in [0.15, 0.2) is 60.8 Å². The van der Waals surface area contributed by atoms with Crippen molar-refractivity contribution in [2.75, 3.05) is 4.90 Å². The number of carbonyl (C=O) groups is 1. The smallest absolute Gasteiger partial charge is 0.387 e. The molecule has 0 saturated carbocycles. The molecule has 0 bridgehead atoms.